The van der Waals surface area contributed by atoms with Crippen molar-refractivity contribution in [2.45, 2.75) is 25.3 Å². The first kappa shape index (κ1) is 12.3. The van der Waals surface area contributed by atoms with Gasteiger partial charge in [-0.2, -0.15) is 5.26 Å². The molecule has 3 rings (SSSR count). The van der Waals surface area contributed by atoms with Gasteiger partial charge in [-0.25, -0.2) is 0 Å². The van der Waals surface area contributed by atoms with Crippen LogP contribution in [0.15, 0.2) is 18.2 Å². The second kappa shape index (κ2) is 5.10. The van der Waals surface area contributed by atoms with Crippen LogP contribution in [0.4, 0.5) is 11.4 Å². The van der Waals surface area contributed by atoms with Gasteiger partial charge in [-0.05, 0) is 37.6 Å². The van der Waals surface area contributed by atoms with Crippen molar-refractivity contribution < 1.29 is 0 Å². The summed E-state index contributed by atoms with van der Waals surface area (Å²) < 4.78 is 0. The van der Waals surface area contributed by atoms with Crippen molar-refractivity contribution in [3.63, 3.8) is 0 Å². The first-order valence-corrected chi connectivity index (χ1v) is 7.06. The zero-order valence-corrected chi connectivity index (χ0v) is 11.2. The van der Waals surface area contributed by atoms with E-state index in [9.17, 15) is 0 Å². The van der Waals surface area contributed by atoms with Crippen molar-refractivity contribution in [3.8, 4) is 6.07 Å². The predicted molar refractivity (Wildman–Crippen MR) is 77.0 cm³/mol. The molecule has 2 aliphatic rings. The average Bonchev–Trinajstić information content (AvgIpc) is 2.47. The van der Waals surface area contributed by atoms with Crippen LogP contribution in [-0.2, 0) is 0 Å². The maximum Gasteiger partial charge on any atom is 0.0992 e. The number of nitriles is 1. The molecule has 0 spiro atoms. The van der Waals surface area contributed by atoms with Gasteiger partial charge in [0.2, 0.25) is 0 Å². The number of piperidine rings is 1. The molecule has 1 unspecified atom stereocenters. The van der Waals surface area contributed by atoms with E-state index in [4.69, 9.17) is 11.0 Å². The standard InChI is InChI=1S/C15H20N4/c16-10-12-4-5-14(17)15(9-12)19-8-7-18-6-2-1-3-13(18)11-19/h4-5,9,13H,1-3,6-8,11,17H2. The van der Waals surface area contributed by atoms with E-state index in [-0.39, 0.29) is 0 Å². The van der Waals surface area contributed by atoms with Crippen molar-refractivity contribution in [2.75, 3.05) is 36.8 Å². The topological polar surface area (TPSA) is 56.3 Å². The van der Waals surface area contributed by atoms with Crippen molar-refractivity contribution in [1.29, 1.82) is 5.26 Å². The fourth-order valence-electron chi connectivity index (χ4n) is 3.26. The lowest BCUT2D eigenvalue weighted by Crippen LogP contribution is -2.55. The number of piperazine rings is 1. The third-order valence-corrected chi connectivity index (χ3v) is 4.34. The van der Waals surface area contributed by atoms with Gasteiger partial charge in [-0.1, -0.05) is 6.42 Å². The summed E-state index contributed by atoms with van der Waals surface area (Å²) in [4.78, 5) is 4.95. The number of hydrogen-bond donors (Lipinski definition) is 1. The highest BCUT2D eigenvalue weighted by Crippen LogP contribution is 2.29. The molecule has 2 heterocycles. The number of hydrogen-bond acceptors (Lipinski definition) is 4. The molecule has 19 heavy (non-hydrogen) atoms. The number of fused-ring (bicyclic) bond motifs is 1. The monoisotopic (exact) mass is 256 g/mol. The minimum absolute atomic E-state index is 0.660. The van der Waals surface area contributed by atoms with E-state index in [1.165, 1.54) is 25.8 Å². The van der Waals surface area contributed by atoms with E-state index in [2.05, 4.69) is 15.9 Å². The molecule has 1 atom stereocenters. The van der Waals surface area contributed by atoms with E-state index in [1.807, 2.05) is 12.1 Å². The molecule has 0 radical (unpaired) electrons. The van der Waals surface area contributed by atoms with Crippen molar-refractivity contribution in [2.24, 2.45) is 0 Å². The van der Waals surface area contributed by atoms with Crippen LogP contribution >= 0.6 is 0 Å². The molecule has 2 saturated heterocycles. The molecule has 2 N–H and O–H groups in total. The second-order valence-corrected chi connectivity index (χ2v) is 5.52. The Hall–Kier alpha value is -1.73. The number of nitrogens with zero attached hydrogens (tertiary/aromatic N) is 3. The minimum atomic E-state index is 0.660. The van der Waals surface area contributed by atoms with Crippen LogP contribution in [0.25, 0.3) is 0 Å². The molecule has 1 aromatic rings. The van der Waals surface area contributed by atoms with Crippen LogP contribution in [-0.4, -0.2) is 37.1 Å². The number of rotatable bonds is 1. The lowest BCUT2D eigenvalue weighted by molar-refractivity contribution is 0.133. The van der Waals surface area contributed by atoms with E-state index in [1.54, 1.807) is 6.07 Å². The van der Waals surface area contributed by atoms with Gasteiger partial charge in [-0.3, -0.25) is 4.90 Å². The molecule has 2 aliphatic heterocycles. The quantitative estimate of drug-likeness (QED) is 0.779. The number of anilines is 2. The van der Waals surface area contributed by atoms with Crippen LogP contribution in [0, 0.1) is 11.3 Å². The summed E-state index contributed by atoms with van der Waals surface area (Å²) in [5.41, 5.74) is 8.58. The Morgan fingerprint density at radius 1 is 1.21 bits per heavy atom. The van der Waals surface area contributed by atoms with Crippen LogP contribution < -0.4 is 10.6 Å². The van der Waals surface area contributed by atoms with Crippen LogP contribution in [0.1, 0.15) is 24.8 Å². The summed E-state index contributed by atoms with van der Waals surface area (Å²) in [6.07, 6.45) is 3.96. The Morgan fingerprint density at radius 3 is 2.95 bits per heavy atom. The van der Waals surface area contributed by atoms with E-state index in [0.717, 1.165) is 31.0 Å². The van der Waals surface area contributed by atoms with E-state index < -0.39 is 0 Å². The predicted octanol–water partition coefficient (Wildman–Crippen LogP) is 1.81. The van der Waals surface area contributed by atoms with Crippen molar-refractivity contribution in [1.82, 2.24) is 4.90 Å². The summed E-state index contributed by atoms with van der Waals surface area (Å²) in [6, 6.07) is 8.42. The maximum absolute atomic E-state index is 9.02. The summed E-state index contributed by atoms with van der Waals surface area (Å²) in [5.74, 6) is 0. The summed E-state index contributed by atoms with van der Waals surface area (Å²) in [6.45, 7) is 4.40. The molecule has 1 aromatic carbocycles. The van der Waals surface area contributed by atoms with Gasteiger partial charge < -0.3 is 10.6 Å². The second-order valence-electron chi connectivity index (χ2n) is 5.52. The number of benzene rings is 1. The summed E-state index contributed by atoms with van der Waals surface area (Å²) in [7, 11) is 0. The first-order valence-electron chi connectivity index (χ1n) is 7.06. The fourth-order valence-corrected chi connectivity index (χ4v) is 3.26. The van der Waals surface area contributed by atoms with Gasteiger partial charge in [0.1, 0.15) is 0 Å². The molecule has 0 aliphatic carbocycles. The Balaban J connectivity index is 1.81. The molecule has 100 valence electrons. The fraction of sp³-hybridized carbons (Fsp3) is 0.533. The van der Waals surface area contributed by atoms with Crippen LogP contribution in [0.3, 0.4) is 0 Å². The lowest BCUT2D eigenvalue weighted by atomic mass is 9.99. The Kier molecular flexibility index (Phi) is 3.31. The highest BCUT2D eigenvalue weighted by Gasteiger charge is 2.29. The zero-order valence-electron chi connectivity index (χ0n) is 11.2. The van der Waals surface area contributed by atoms with E-state index >= 15 is 0 Å². The van der Waals surface area contributed by atoms with Gasteiger partial charge in [0.05, 0.1) is 23.0 Å². The minimum Gasteiger partial charge on any atom is -0.397 e. The van der Waals surface area contributed by atoms with Gasteiger partial charge >= 0.3 is 0 Å². The van der Waals surface area contributed by atoms with Crippen molar-refractivity contribution in [3.05, 3.63) is 23.8 Å². The average molecular weight is 256 g/mol. The highest BCUT2D eigenvalue weighted by atomic mass is 15.3. The van der Waals surface area contributed by atoms with Gasteiger partial charge in [0.15, 0.2) is 0 Å². The van der Waals surface area contributed by atoms with Crippen LogP contribution in [0.2, 0.25) is 0 Å². The molecule has 0 saturated carbocycles. The Labute approximate surface area is 114 Å². The van der Waals surface area contributed by atoms with Crippen LogP contribution in [0.5, 0.6) is 0 Å². The van der Waals surface area contributed by atoms with Gasteiger partial charge in [0.25, 0.3) is 0 Å². The third-order valence-electron chi connectivity index (χ3n) is 4.34. The maximum atomic E-state index is 9.02. The highest BCUT2D eigenvalue weighted by molar-refractivity contribution is 5.70. The van der Waals surface area contributed by atoms with Gasteiger partial charge in [-0.15, -0.1) is 0 Å². The zero-order chi connectivity index (χ0) is 13.2. The smallest absolute Gasteiger partial charge is 0.0992 e. The molecule has 0 bridgehead atoms. The van der Waals surface area contributed by atoms with Gasteiger partial charge in [0, 0.05) is 25.7 Å². The molecular weight excluding hydrogens is 236 g/mol. The Bertz CT molecular complexity index is 505. The molecule has 4 heteroatoms. The Morgan fingerprint density at radius 2 is 2.11 bits per heavy atom. The largest absolute Gasteiger partial charge is 0.397 e. The molecule has 4 nitrogen and oxygen atoms in total. The SMILES string of the molecule is N#Cc1ccc(N)c(N2CCN3CCCCC3C2)c1. The molecule has 0 aromatic heterocycles. The summed E-state index contributed by atoms with van der Waals surface area (Å²) in [5, 5.41) is 9.02. The van der Waals surface area contributed by atoms with E-state index in [0.29, 0.717) is 11.6 Å². The summed E-state index contributed by atoms with van der Waals surface area (Å²) >= 11 is 0. The first-order chi connectivity index (χ1) is 9.28. The molecule has 2 fully saturated rings. The number of nitrogens with two attached hydrogens (primary N) is 1. The molecular formula is C15H20N4. The normalized spacial score (nSPS) is 23.7. The molecule has 0 amide bonds. The van der Waals surface area contributed by atoms with Crippen molar-refractivity contribution >= 4 is 11.4 Å². The number of nitrogen functional groups attached to an aromatic ring is 1. The lowest BCUT2D eigenvalue weighted by Gasteiger charge is -2.45. The third kappa shape index (κ3) is 2.39.